The number of rotatable bonds is 5. The first kappa shape index (κ1) is 11.7. The van der Waals surface area contributed by atoms with Crippen LogP contribution in [0.25, 0.3) is 0 Å². The summed E-state index contributed by atoms with van der Waals surface area (Å²) >= 11 is 0. The maximum atomic E-state index is 12.5. The van der Waals surface area contributed by atoms with Gasteiger partial charge in [0.05, 0.1) is 6.61 Å². The van der Waals surface area contributed by atoms with E-state index in [4.69, 9.17) is 4.74 Å². The molecular formula is C15H24O2. The maximum absolute atomic E-state index is 12.5. The van der Waals surface area contributed by atoms with Crippen LogP contribution >= 0.6 is 0 Å². The summed E-state index contributed by atoms with van der Waals surface area (Å²) in [6.07, 6.45) is 8.49. The monoisotopic (exact) mass is 236 g/mol. The van der Waals surface area contributed by atoms with Crippen LogP contribution < -0.4 is 0 Å². The molecule has 4 saturated carbocycles. The fourth-order valence-corrected chi connectivity index (χ4v) is 5.03. The highest BCUT2D eigenvalue weighted by Gasteiger charge is 2.53. The van der Waals surface area contributed by atoms with E-state index in [0.717, 1.165) is 24.4 Å². The van der Waals surface area contributed by atoms with Crippen LogP contribution in [-0.4, -0.2) is 19.0 Å². The number of ether oxygens (including phenoxy) is 1. The lowest BCUT2D eigenvalue weighted by Crippen LogP contribution is -2.50. The average Bonchev–Trinajstić information content (AvgIpc) is 2.27. The smallest absolute Gasteiger partial charge is 0.141 e. The largest absolute Gasteiger partial charge is 0.381 e. The number of carbonyl (C=O) groups is 1. The van der Waals surface area contributed by atoms with E-state index >= 15 is 0 Å². The third kappa shape index (κ3) is 2.05. The van der Waals surface area contributed by atoms with Crippen molar-refractivity contribution in [1.82, 2.24) is 0 Å². The zero-order valence-corrected chi connectivity index (χ0v) is 10.9. The number of carbonyl (C=O) groups excluding carboxylic acids is 1. The van der Waals surface area contributed by atoms with Gasteiger partial charge in [0.1, 0.15) is 5.78 Å². The van der Waals surface area contributed by atoms with E-state index in [-0.39, 0.29) is 5.41 Å². The molecule has 0 saturated heterocycles. The van der Waals surface area contributed by atoms with Crippen molar-refractivity contribution in [2.45, 2.75) is 51.9 Å². The second kappa shape index (κ2) is 4.38. The molecule has 0 aromatic heterocycles. The topological polar surface area (TPSA) is 26.3 Å². The van der Waals surface area contributed by atoms with Crippen molar-refractivity contribution in [3.05, 3.63) is 0 Å². The van der Waals surface area contributed by atoms with Crippen molar-refractivity contribution in [1.29, 1.82) is 0 Å². The molecule has 4 aliphatic carbocycles. The van der Waals surface area contributed by atoms with E-state index < -0.39 is 0 Å². The molecule has 0 atom stereocenters. The molecule has 0 aromatic rings. The Morgan fingerprint density at radius 3 is 2.12 bits per heavy atom. The Labute approximate surface area is 104 Å². The number of hydrogen-bond acceptors (Lipinski definition) is 2. The molecule has 4 bridgehead atoms. The molecule has 0 radical (unpaired) electrons. The molecule has 0 unspecified atom stereocenters. The summed E-state index contributed by atoms with van der Waals surface area (Å²) in [5.41, 5.74) is 0.0891. The van der Waals surface area contributed by atoms with Gasteiger partial charge in [-0.15, -0.1) is 0 Å². The SMILES string of the molecule is CCOCCC(=O)C12CC3CC(CC(C3)C1)C2. The lowest BCUT2D eigenvalue weighted by Gasteiger charge is -2.56. The third-order valence-corrected chi connectivity index (χ3v) is 5.31. The van der Waals surface area contributed by atoms with Crippen LogP contribution in [-0.2, 0) is 9.53 Å². The zero-order valence-electron chi connectivity index (χ0n) is 10.9. The van der Waals surface area contributed by atoms with E-state index in [1.54, 1.807) is 0 Å². The lowest BCUT2D eigenvalue weighted by atomic mass is 9.48. The Balaban J connectivity index is 1.67. The third-order valence-electron chi connectivity index (χ3n) is 5.31. The van der Waals surface area contributed by atoms with E-state index in [1.807, 2.05) is 6.92 Å². The molecule has 2 nitrogen and oxygen atoms in total. The second-order valence-electron chi connectivity index (χ2n) is 6.57. The number of Topliss-reactive ketones (excluding diaryl/α,β-unsaturated/α-hetero) is 1. The molecule has 2 heteroatoms. The Kier molecular flexibility index (Phi) is 3.02. The van der Waals surface area contributed by atoms with Crippen LogP contribution in [0.2, 0.25) is 0 Å². The highest BCUT2D eigenvalue weighted by Crippen LogP contribution is 2.60. The molecule has 4 aliphatic rings. The van der Waals surface area contributed by atoms with Gasteiger partial charge in [-0.05, 0) is 63.2 Å². The molecule has 0 aliphatic heterocycles. The molecule has 0 amide bonds. The van der Waals surface area contributed by atoms with Crippen molar-refractivity contribution in [3.8, 4) is 0 Å². The minimum Gasteiger partial charge on any atom is -0.381 e. The summed E-state index contributed by atoms with van der Waals surface area (Å²) in [7, 11) is 0. The summed E-state index contributed by atoms with van der Waals surface area (Å²) < 4.78 is 5.35. The minimum atomic E-state index is 0.0891. The fourth-order valence-electron chi connectivity index (χ4n) is 5.03. The maximum Gasteiger partial charge on any atom is 0.141 e. The van der Waals surface area contributed by atoms with Gasteiger partial charge in [-0.1, -0.05) is 0 Å². The summed E-state index contributed by atoms with van der Waals surface area (Å²) in [4.78, 5) is 12.5. The summed E-state index contributed by atoms with van der Waals surface area (Å²) in [5.74, 6) is 3.14. The summed E-state index contributed by atoms with van der Waals surface area (Å²) in [5, 5.41) is 0. The summed E-state index contributed by atoms with van der Waals surface area (Å²) in [6.45, 7) is 3.36. The molecular weight excluding hydrogens is 212 g/mol. The molecule has 0 aromatic carbocycles. The molecule has 0 spiro atoms. The van der Waals surface area contributed by atoms with Gasteiger partial charge < -0.3 is 4.74 Å². The highest BCUT2D eigenvalue weighted by atomic mass is 16.5. The molecule has 0 N–H and O–H groups in total. The Hall–Kier alpha value is -0.370. The Morgan fingerprint density at radius 1 is 1.12 bits per heavy atom. The highest BCUT2D eigenvalue weighted by molar-refractivity contribution is 5.85. The Bertz CT molecular complexity index is 273. The summed E-state index contributed by atoms with van der Waals surface area (Å²) in [6, 6.07) is 0. The van der Waals surface area contributed by atoms with Crippen LogP contribution in [0.15, 0.2) is 0 Å². The van der Waals surface area contributed by atoms with Crippen molar-refractivity contribution in [3.63, 3.8) is 0 Å². The predicted molar refractivity (Wildman–Crippen MR) is 66.7 cm³/mol. The van der Waals surface area contributed by atoms with E-state index in [1.165, 1.54) is 38.5 Å². The van der Waals surface area contributed by atoms with Crippen LogP contribution in [0.4, 0.5) is 0 Å². The van der Waals surface area contributed by atoms with Crippen LogP contribution in [0.5, 0.6) is 0 Å². The first-order chi connectivity index (χ1) is 8.22. The zero-order chi connectivity index (χ0) is 11.9. The van der Waals surface area contributed by atoms with Crippen molar-refractivity contribution >= 4 is 5.78 Å². The van der Waals surface area contributed by atoms with Crippen molar-refractivity contribution < 1.29 is 9.53 Å². The van der Waals surface area contributed by atoms with Gasteiger partial charge >= 0.3 is 0 Å². The lowest BCUT2D eigenvalue weighted by molar-refractivity contribution is -0.144. The minimum absolute atomic E-state index is 0.0891. The van der Waals surface area contributed by atoms with Gasteiger partial charge in [-0.2, -0.15) is 0 Å². The van der Waals surface area contributed by atoms with E-state index in [9.17, 15) is 4.79 Å². The second-order valence-corrected chi connectivity index (χ2v) is 6.57. The Morgan fingerprint density at radius 2 is 1.65 bits per heavy atom. The van der Waals surface area contributed by atoms with Gasteiger partial charge in [0, 0.05) is 18.4 Å². The fraction of sp³-hybridized carbons (Fsp3) is 0.933. The standard InChI is InChI=1S/C15H24O2/c1-2-17-4-3-14(16)15-8-11-5-12(9-15)7-13(6-11)10-15/h11-13H,2-10H2,1H3. The molecule has 17 heavy (non-hydrogen) atoms. The number of hydrogen-bond donors (Lipinski definition) is 0. The van der Waals surface area contributed by atoms with E-state index in [2.05, 4.69) is 0 Å². The van der Waals surface area contributed by atoms with E-state index in [0.29, 0.717) is 18.8 Å². The normalized spacial score (nSPS) is 43.0. The van der Waals surface area contributed by atoms with Gasteiger partial charge in [-0.3, -0.25) is 4.79 Å². The van der Waals surface area contributed by atoms with Crippen LogP contribution in [0.3, 0.4) is 0 Å². The van der Waals surface area contributed by atoms with Gasteiger partial charge in [0.15, 0.2) is 0 Å². The van der Waals surface area contributed by atoms with Gasteiger partial charge in [0.25, 0.3) is 0 Å². The van der Waals surface area contributed by atoms with Crippen molar-refractivity contribution in [2.24, 2.45) is 23.2 Å². The number of ketones is 1. The molecule has 4 rings (SSSR count). The van der Waals surface area contributed by atoms with Crippen LogP contribution in [0.1, 0.15) is 51.9 Å². The predicted octanol–water partition coefficient (Wildman–Crippen LogP) is 3.20. The van der Waals surface area contributed by atoms with Crippen molar-refractivity contribution in [2.75, 3.05) is 13.2 Å². The van der Waals surface area contributed by atoms with Crippen LogP contribution in [0, 0.1) is 23.2 Å². The average molecular weight is 236 g/mol. The quantitative estimate of drug-likeness (QED) is 0.685. The molecule has 4 fully saturated rings. The first-order valence-corrected chi connectivity index (χ1v) is 7.33. The molecule has 96 valence electrons. The van der Waals surface area contributed by atoms with Gasteiger partial charge in [0.2, 0.25) is 0 Å². The molecule has 0 heterocycles. The first-order valence-electron chi connectivity index (χ1n) is 7.33. The van der Waals surface area contributed by atoms with Gasteiger partial charge in [-0.25, -0.2) is 0 Å².